The molecule has 1 aliphatic rings. The van der Waals surface area contributed by atoms with Crippen LogP contribution in [0.3, 0.4) is 0 Å². The number of ether oxygens (including phenoxy) is 1. The fourth-order valence-corrected chi connectivity index (χ4v) is 2.98. The Morgan fingerprint density at radius 2 is 2.12 bits per heavy atom. The summed E-state index contributed by atoms with van der Waals surface area (Å²) in [4.78, 5) is 29.3. The molecule has 8 heteroatoms. The van der Waals surface area contributed by atoms with Crippen molar-refractivity contribution in [1.29, 1.82) is 0 Å². The number of nitrogen functional groups attached to an aromatic ring is 2. The van der Waals surface area contributed by atoms with Crippen LogP contribution in [0.1, 0.15) is 30.9 Å². The number of esters is 1. The number of aliphatic imine (C=N–C) groups is 1. The number of pyridine rings is 1. The maximum absolute atomic E-state index is 12.6. The smallest absolute Gasteiger partial charge is 0.315 e. The van der Waals surface area contributed by atoms with Crippen molar-refractivity contribution in [1.82, 2.24) is 15.0 Å². The van der Waals surface area contributed by atoms with E-state index >= 15 is 0 Å². The molecule has 0 saturated carbocycles. The number of hydrogen-bond acceptors (Lipinski definition) is 8. The molecular formula is C16H18N6O2. The Balaban J connectivity index is 2.23. The predicted octanol–water partition coefficient (Wildman–Crippen LogP) is 1.45. The summed E-state index contributed by atoms with van der Waals surface area (Å²) in [6, 6.07) is 3.68. The van der Waals surface area contributed by atoms with Crippen molar-refractivity contribution >= 4 is 29.3 Å². The Morgan fingerprint density at radius 3 is 2.79 bits per heavy atom. The van der Waals surface area contributed by atoms with Crippen LogP contribution in [0.2, 0.25) is 0 Å². The second kappa shape index (κ2) is 6.23. The summed E-state index contributed by atoms with van der Waals surface area (Å²) >= 11 is 0. The molecule has 0 amide bonds. The number of rotatable bonds is 3. The molecule has 124 valence electrons. The van der Waals surface area contributed by atoms with Crippen molar-refractivity contribution in [3.05, 3.63) is 35.7 Å². The predicted molar refractivity (Wildman–Crippen MR) is 89.8 cm³/mol. The second-order valence-electron chi connectivity index (χ2n) is 5.45. The largest absolute Gasteiger partial charge is 0.465 e. The highest BCUT2D eigenvalue weighted by Gasteiger charge is 2.41. The van der Waals surface area contributed by atoms with E-state index < -0.39 is 11.8 Å². The average molecular weight is 326 g/mol. The Bertz CT molecular complexity index is 806. The third-order valence-corrected chi connectivity index (χ3v) is 3.93. The summed E-state index contributed by atoms with van der Waals surface area (Å²) in [6.45, 7) is 3.81. The summed E-state index contributed by atoms with van der Waals surface area (Å²) in [6.07, 6.45) is 3.35. The van der Waals surface area contributed by atoms with E-state index in [1.165, 1.54) is 0 Å². The molecule has 3 rings (SSSR count). The van der Waals surface area contributed by atoms with Crippen molar-refractivity contribution < 1.29 is 9.53 Å². The van der Waals surface area contributed by atoms with Gasteiger partial charge < -0.3 is 16.2 Å². The zero-order valence-corrected chi connectivity index (χ0v) is 13.4. The minimum Gasteiger partial charge on any atom is -0.465 e. The van der Waals surface area contributed by atoms with Crippen molar-refractivity contribution in [2.75, 3.05) is 18.1 Å². The van der Waals surface area contributed by atoms with Gasteiger partial charge in [-0.3, -0.25) is 9.78 Å². The fourth-order valence-electron chi connectivity index (χ4n) is 2.98. The molecule has 2 aromatic rings. The van der Waals surface area contributed by atoms with E-state index in [1.54, 1.807) is 32.3 Å². The molecule has 0 bridgehead atoms. The monoisotopic (exact) mass is 326 g/mol. The summed E-state index contributed by atoms with van der Waals surface area (Å²) in [5.74, 6) is -0.775. The molecule has 2 atom stereocenters. The lowest BCUT2D eigenvalue weighted by molar-refractivity contribution is -0.146. The van der Waals surface area contributed by atoms with Crippen LogP contribution in [0.25, 0.3) is 0 Å². The highest BCUT2D eigenvalue weighted by Crippen LogP contribution is 2.44. The zero-order valence-electron chi connectivity index (χ0n) is 13.4. The van der Waals surface area contributed by atoms with E-state index in [0.29, 0.717) is 17.1 Å². The summed E-state index contributed by atoms with van der Waals surface area (Å²) < 4.78 is 5.24. The molecular weight excluding hydrogens is 308 g/mol. The van der Waals surface area contributed by atoms with Gasteiger partial charge in [-0.1, -0.05) is 6.07 Å². The fraction of sp³-hybridized carbons (Fsp3) is 0.312. The quantitative estimate of drug-likeness (QED) is 0.816. The molecule has 2 aromatic heterocycles. The van der Waals surface area contributed by atoms with E-state index in [1.807, 2.05) is 6.07 Å². The maximum atomic E-state index is 12.6. The van der Waals surface area contributed by atoms with Gasteiger partial charge >= 0.3 is 5.97 Å². The minimum atomic E-state index is -0.615. The number of fused-ring (bicyclic) bond motifs is 1. The second-order valence-corrected chi connectivity index (χ2v) is 5.45. The Labute approximate surface area is 139 Å². The van der Waals surface area contributed by atoms with Gasteiger partial charge in [0, 0.05) is 29.6 Å². The first-order chi connectivity index (χ1) is 11.5. The molecule has 0 aliphatic carbocycles. The van der Waals surface area contributed by atoms with Gasteiger partial charge in [-0.2, -0.15) is 9.97 Å². The van der Waals surface area contributed by atoms with Crippen LogP contribution in [0, 0.1) is 5.92 Å². The van der Waals surface area contributed by atoms with Crippen LogP contribution in [0.15, 0.2) is 29.5 Å². The average Bonchev–Trinajstić information content (AvgIpc) is 2.54. The molecule has 1 aliphatic heterocycles. The number of anilines is 2. The number of hydrogen-bond donors (Lipinski definition) is 2. The molecule has 0 fully saturated rings. The molecule has 0 radical (unpaired) electrons. The standard InChI is InChI=1S/C16H18N6O2/c1-3-24-15(23)10-8(2)20-14-12(13(17)21-16(18)22-14)11(10)9-5-4-6-19-7-9/h4-7,10-11H,3H2,1-2H3,(H4,17,18,21,22). The SMILES string of the molecule is CCOC(=O)C1C(C)=Nc2nc(N)nc(N)c2C1c1cccnc1. The number of carbonyl (C=O) groups excluding carboxylic acids is 1. The first-order valence-electron chi connectivity index (χ1n) is 7.57. The Kier molecular flexibility index (Phi) is 4.11. The van der Waals surface area contributed by atoms with Gasteiger partial charge in [-0.25, -0.2) is 4.99 Å². The summed E-state index contributed by atoms with van der Waals surface area (Å²) in [7, 11) is 0. The van der Waals surface area contributed by atoms with E-state index in [4.69, 9.17) is 16.2 Å². The van der Waals surface area contributed by atoms with Crippen LogP contribution in [0.4, 0.5) is 17.6 Å². The maximum Gasteiger partial charge on any atom is 0.315 e. The number of carbonyl (C=O) groups is 1. The van der Waals surface area contributed by atoms with Crippen molar-refractivity contribution in [3.8, 4) is 0 Å². The highest BCUT2D eigenvalue weighted by atomic mass is 16.5. The van der Waals surface area contributed by atoms with Crippen molar-refractivity contribution in [2.24, 2.45) is 10.9 Å². The molecule has 24 heavy (non-hydrogen) atoms. The molecule has 2 unspecified atom stereocenters. The molecule has 3 heterocycles. The first kappa shape index (κ1) is 15.9. The van der Waals surface area contributed by atoms with Gasteiger partial charge in [0.25, 0.3) is 0 Å². The first-order valence-corrected chi connectivity index (χ1v) is 7.57. The van der Waals surface area contributed by atoms with E-state index in [-0.39, 0.29) is 24.3 Å². The van der Waals surface area contributed by atoms with Crippen LogP contribution in [-0.2, 0) is 9.53 Å². The Hall–Kier alpha value is -3.03. The van der Waals surface area contributed by atoms with E-state index in [9.17, 15) is 4.79 Å². The van der Waals surface area contributed by atoms with E-state index in [0.717, 1.165) is 5.56 Å². The van der Waals surface area contributed by atoms with Gasteiger partial charge in [-0.15, -0.1) is 0 Å². The normalized spacial score (nSPS) is 19.3. The van der Waals surface area contributed by atoms with Gasteiger partial charge in [0.2, 0.25) is 5.95 Å². The van der Waals surface area contributed by atoms with Crippen LogP contribution in [-0.4, -0.2) is 33.2 Å². The van der Waals surface area contributed by atoms with Crippen LogP contribution < -0.4 is 11.5 Å². The lowest BCUT2D eigenvalue weighted by Crippen LogP contribution is -2.34. The van der Waals surface area contributed by atoms with Crippen LogP contribution in [0.5, 0.6) is 0 Å². The van der Waals surface area contributed by atoms with Crippen molar-refractivity contribution in [2.45, 2.75) is 19.8 Å². The highest BCUT2D eigenvalue weighted by molar-refractivity contribution is 6.05. The minimum absolute atomic E-state index is 0.0438. The van der Waals surface area contributed by atoms with E-state index in [2.05, 4.69) is 19.9 Å². The number of nitrogens with two attached hydrogens (primary N) is 2. The Morgan fingerprint density at radius 1 is 1.33 bits per heavy atom. The third-order valence-electron chi connectivity index (χ3n) is 3.93. The topological polar surface area (TPSA) is 129 Å². The lowest BCUT2D eigenvalue weighted by atomic mass is 9.77. The summed E-state index contributed by atoms with van der Waals surface area (Å²) in [5.41, 5.74) is 13.7. The number of nitrogens with zero attached hydrogens (tertiary/aromatic N) is 4. The lowest BCUT2D eigenvalue weighted by Gasteiger charge is -2.30. The molecule has 4 N–H and O–H groups in total. The van der Waals surface area contributed by atoms with Gasteiger partial charge in [-0.05, 0) is 25.5 Å². The van der Waals surface area contributed by atoms with Gasteiger partial charge in [0.05, 0.1) is 6.61 Å². The third kappa shape index (κ3) is 2.66. The van der Waals surface area contributed by atoms with Crippen molar-refractivity contribution in [3.63, 3.8) is 0 Å². The molecule has 0 aromatic carbocycles. The van der Waals surface area contributed by atoms with Gasteiger partial charge in [0.1, 0.15) is 11.7 Å². The van der Waals surface area contributed by atoms with Gasteiger partial charge in [0.15, 0.2) is 5.82 Å². The zero-order chi connectivity index (χ0) is 17.3. The number of aromatic nitrogens is 3. The summed E-state index contributed by atoms with van der Waals surface area (Å²) in [5, 5.41) is 0. The molecule has 0 saturated heterocycles. The molecule has 8 nitrogen and oxygen atoms in total. The molecule has 0 spiro atoms. The van der Waals surface area contributed by atoms with Crippen LogP contribution >= 0.6 is 0 Å².